The molecule has 29 heavy (non-hydrogen) atoms. The summed E-state index contributed by atoms with van der Waals surface area (Å²) >= 11 is 5.79. The van der Waals surface area contributed by atoms with E-state index in [0.29, 0.717) is 5.02 Å². The number of carbonyl (C=O) groups is 2. The number of halogens is 1. The largest absolute Gasteiger partial charge is 0.279 e. The number of carbonyl (C=O) groups excluding carboxylic acids is 2. The maximum atomic E-state index is 12.6. The van der Waals surface area contributed by atoms with Crippen molar-refractivity contribution in [2.24, 2.45) is 0 Å². The van der Waals surface area contributed by atoms with E-state index in [2.05, 4.69) is 20.6 Å². The van der Waals surface area contributed by atoms with Crippen LogP contribution >= 0.6 is 11.6 Å². The smallest absolute Gasteiger partial charge is 0.271 e. The molecule has 0 saturated heterocycles. The van der Waals surface area contributed by atoms with E-state index < -0.39 is 21.8 Å². The Labute approximate surface area is 172 Å². The number of hydrogen-bond acceptors (Lipinski definition) is 5. The average molecular weight is 431 g/mol. The predicted octanol–water partition coefficient (Wildman–Crippen LogP) is 2.61. The Bertz CT molecular complexity index is 1140. The number of para-hydroxylation sites is 1. The molecule has 1 heterocycles. The molecule has 0 aliphatic rings. The number of pyridine rings is 1. The first kappa shape index (κ1) is 20.3. The molecule has 1 aromatic heterocycles. The van der Waals surface area contributed by atoms with Crippen LogP contribution in [0.3, 0.4) is 0 Å². The molecule has 0 unspecified atom stereocenters. The lowest BCUT2D eigenvalue weighted by molar-refractivity contribution is 0.0847. The molecule has 0 spiro atoms. The molecule has 3 aromatic rings. The summed E-state index contributed by atoms with van der Waals surface area (Å²) in [5, 5.41) is 0.396. The topological polar surface area (TPSA) is 117 Å². The second-order valence-corrected chi connectivity index (χ2v) is 7.87. The van der Waals surface area contributed by atoms with Crippen LogP contribution in [0.4, 0.5) is 5.69 Å². The van der Waals surface area contributed by atoms with Crippen molar-refractivity contribution in [1.82, 2.24) is 15.8 Å². The number of nitrogens with one attached hydrogen (secondary N) is 3. The van der Waals surface area contributed by atoms with Crippen molar-refractivity contribution in [2.45, 2.75) is 4.90 Å². The Balaban J connectivity index is 1.75. The molecule has 148 valence electrons. The molecule has 8 nitrogen and oxygen atoms in total. The van der Waals surface area contributed by atoms with Crippen molar-refractivity contribution in [3.05, 3.63) is 89.2 Å². The Morgan fingerprint density at radius 1 is 0.862 bits per heavy atom. The van der Waals surface area contributed by atoms with Crippen molar-refractivity contribution in [3.63, 3.8) is 0 Å². The van der Waals surface area contributed by atoms with E-state index in [9.17, 15) is 18.0 Å². The first-order valence-corrected chi connectivity index (χ1v) is 10.1. The average Bonchev–Trinajstić information content (AvgIpc) is 2.73. The van der Waals surface area contributed by atoms with E-state index in [1.54, 1.807) is 18.2 Å². The van der Waals surface area contributed by atoms with Gasteiger partial charge in [0, 0.05) is 17.4 Å². The molecule has 3 rings (SSSR count). The van der Waals surface area contributed by atoms with Crippen molar-refractivity contribution >= 4 is 39.1 Å². The number of nitrogens with zero attached hydrogens (tertiary/aromatic N) is 1. The van der Waals surface area contributed by atoms with Gasteiger partial charge >= 0.3 is 0 Å². The molecule has 0 aliphatic heterocycles. The third kappa shape index (κ3) is 5.09. The van der Waals surface area contributed by atoms with E-state index in [-0.39, 0.29) is 21.7 Å². The number of anilines is 1. The van der Waals surface area contributed by atoms with Crippen LogP contribution in [0.2, 0.25) is 5.02 Å². The van der Waals surface area contributed by atoms with Gasteiger partial charge in [0.15, 0.2) is 0 Å². The lowest BCUT2D eigenvalue weighted by Crippen LogP contribution is -2.42. The summed E-state index contributed by atoms with van der Waals surface area (Å²) < 4.78 is 27.5. The van der Waals surface area contributed by atoms with Gasteiger partial charge < -0.3 is 0 Å². The van der Waals surface area contributed by atoms with E-state index in [1.807, 2.05) is 0 Å². The highest BCUT2D eigenvalue weighted by Crippen LogP contribution is 2.21. The fraction of sp³-hybridized carbons (Fsp3) is 0. The van der Waals surface area contributed by atoms with Crippen LogP contribution in [0.15, 0.2) is 78.0 Å². The summed E-state index contributed by atoms with van der Waals surface area (Å²) in [7, 11) is -3.94. The number of amides is 2. The third-order valence-corrected chi connectivity index (χ3v) is 5.39. The van der Waals surface area contributed by atoms with Crippen molar-refractivity contribution < 1.29 is 18.0 Å². The van der Waals surface area contributed by atoms with Gasteiger partial charge in [-0.2, -0.15) is 0 Å². The van der Waals surface area contributed by atoms with Crippen LogP contribution in [-0.4, -0.2) is 25.2 Å². The second kappa shape index (κ2) is 8.72. The lowest BCUT2D eigenvalue weighted by Gasteiger charge is -2.13. The number of hydrazine groups is 1. The van der Waals surface area contributed by atoms with Crippen LogP contribution in [0.1, 0.15) is 20.7 Å². The minimum atomic E-state index is -3.94. The van der Waals surface area contributed by atoms with Crippen LogP contribution in [-0.2, 0) is 10.0 Å². The predicted molar refractivity (Wildman–Crippen MR) is 108 cm³/mol. The van der Waals surface area contributed by atoms with Crippen molar-refractivity contribution in [1.29, 1.82) is 0 Å². The quantitative estimate of drug-likeness (QED) is 0.538. The first-order chi connectivity index (χ1) is 13.9. The van der Waals surface area contributed by atoms with Gasteiger partial charge in [-0.15, -0.1) is 0 Å². The minimum absolute atomic E-state index is 0.0120. The molecule has 0 saturated carbocycles. The van der Waals surface area contributed by atoms with Crippen molar-refractivity contribution in [2.75, 3.05) is 4.72 Å². The molecule has 10 heteroatoms. The van der Waals surface area contributed by atoms with E-state index >= 15 is 0 Å². The van der Waals surface area contributed by atoms with Crippen molar-refractivity contribution in [3.8, 4) is 0 Å². The molecule has 3 N–H and O–H groups in total. The standard InChI is InChI=1S/C19H15ClN4O4S/c20-14-7-9-15(10-8-14)29(27,28)24-17-6-2-1-5-16(17)19(26)23-22-18(25)13-4-3-11-21-12-13/h1-12,24H,(H,22,25)(H,23,26). The summed E-state index contributed by atoms with van der Waals surface area (Å²) in [5.74, 6) is -1.26. The minimum Gasteiger partial charge on any atom is -0.279 e. The molecule has 0 aliphatic carbocycles. The van der Waals surface area contributed by atoms with Gasteiger partial charge in [-0.1, -0.05) is 23.7 Å². The zero-order valence-corrected chi connectivity index (χ0v) is 16.4. The summed E-state index contributed by atoms with van der Waals surface area (Å²) in [6.07, 6.45) is 2.86. The Kier molecular flexibility index (Phi) is 6.10. The number of rotatable bonds is 5. The molecular weight excluding hydrogens is 416 g/mol. The number of sulfonamides is 1. The van der Waals surface area contributed by atoms with E-state index in [1.165, 1.54) is 54.9 Å². The van der Waals surface area contributed by atoms with Gasteiger partial charge in [0.2, 0.25) is 0 Å². The maximum absolute atomic E-state index is 12.6. The zero-order chi connectivity index (χ0) is 20.9. The van der Waals surface area contributed by atoms with Crippen LogP contribution in [0.25, 0.3) is 0 Å². The van der Waals surface area contributed by atoms with Crippen LogP contribution in [0.5, 0.6) is 0 Å². The fourth-order valence-corrected chi connectivity index (χ4v) is 3.54. The third-order valence-electron chi connectivity index (χ3n) is 3.75. The highest BCUT2D eigenvalue weighted by atomic mass is 35.5. The number of benzene rings is 2. The molecule has 0 bridgehead atoms. The van der Waals surface area contributed by atoms with Gasteiger partial charge in [0.05, 0.1) is 21.7 Å². The Morgan fingerprint density at radius 2 is 1.55 bits per heavy atom. The Morgan fingerprint density at radius 3 is 2.24 bits per heavy atom. The molecule has 2 amide bonds. The van der Waals surface area contributed by atoms with Crippen LogP contribution < -0.4 is 15.6 Å². The number of hydrogen-bond donors (Lipinski definition) is 3. The Hall–Kier alpha value is -3.43. The second-order valence-electron chi connectivity index (χ2n) is 5.75. The van der Waals surface area contributed by atoms with Gasteiger partial charge in [-0.25, -0.2) is 8.42 Å². The van der Waals surface area contributed by atoms with E-state index in [0.717, 1.165) is 0 Å². The summed E-state index contributed by atoms with van der Waals surface area (Å²) in [4.78, 5) is 28.3. The molecule has 0 fully saturated rings. The van der Waals surface area contributed by atoms with Crippen LogP contribution in [0, 0.1) is 0 Å². The van der Waals surface area contributed by atoms with Gasteiger partial charge in [0.25, 0.3) is 21.8 Å². The van der Waals surface area contributed by atoms with E-state index in [4.69, 9.17) is 11.6 Å². The molecule has 0 atom stereocenters. The van der Waals surface area contributed by atoms with Gasteiger partial charge in [0.1, 0.15) is 0 Å². The number of aromatic nitrogens is 1. The monoisotopic (exact) mass is 430 g/mol. The highest BCUT2D eigenvalue weighted by molar-refractivity contribution is 7.92. The lowest BCUT2D eigenvalue weighted by atomic mass is 10.2. The first-order valence-electron chi connectivity index (χ1n) is 8.25. The fourth-order valence-electron chi connectivity index (χ4n) is 2.34. The normalized spacial score (nSPS) is 10.8. The molecule has 0 radical (unpaired) electrons. The summed E-state index contributed by atoms with van der Waals surface area (Å²) in [5.41, 5.74) is 4.84. The zero-order valence-electron chi connectivity index (χ0n) is 14.8. The summed E-state index contributed by atoms with van der Waals surface area (Å²) in [6.45, 7) is 0. The van der Waals surface area contributed by atoms with Gasteiger partial charge in [-0.05, 0) is 48.5 Å². The highest BCUT2D eigenvalue weighted by Gasteiger charge is 2.19. The molecular formula is C19H15ClN4O4S. The SMILES string of the molecule is O=C(NNC(=O)c1ccccc1NS(=O)(=O)c1ccc(Cl)cc1)c1cccnc1. The van der Waals surface area contributed by atoms with Gasteiger partial charge in [-0.3, -0.25) is 30.1 Å². The maximum Gasteiger partial charge on any atom is 0.271 e. The molecule has 2 aromatic carbocycles. The summed E-state index contributed by atoms with van der Waals surface area (Å²) in [6, 6.07) is 14.7.